The van der Waals surface area contributed by atoms with Crippen molar-refractivity contribution in [3.05, 3.63) is 39.7 Å². The van der Waals surface area contributed by atoms with Gasteiger partial charge in [-0.25, -0.2) is 18.4 Å². The predicted molar refractivity (Wildman–Crippen MR) is 96.9 cm³/mol. The van der Waals surface area contributed by atoms with Gasteiger partial charge in [0.2, 0.25) is 5.43 Å². The number of nitrogens with zero attached hydrogens (tertiary/aromatic N) is 2. The van der Waals surface area contributed by atoms with Crippen LogP contribution in [0.1, 0.15) is 29.2 Å². The van der Waals surface area contributed by atoms with Crippen molar-refractivity contribution in [2.45, 2.75) is 24.9 Å². The second-order valence-electron chi connectivity index (χ2n) is 7.06. The molecule has 2 aromatic rings. The van der Waals surface area contributed by atoms with Gasteiger partial charge < -0.3 is 25.2 Å². The number of hydrogen-bond donors (Lipinski definition) is 3. The smallest absolute Gasteiger partial charge is 0.341 e. The van der Waals surface area contributed by atoms with Gasteiger partial charge in [-0.2, -0.15) is 0 Å². The van der Waals surface area contributed by atoms with E-state index < -0.39 is 28.6 Å². The molecule has 1 aromatic carbocycles. The van der Waals surface area contributed by atoms with E-state index in [4.69, 9.17) is 0 Å². The van der Waals surface area contributed by atoms with Gasteiger partial charge >= 0.3 is 12.0 Å². The first-order chi connectivity index (χ1) is 13.3. The van der Waals surface area contributed by atoms with Crippen molar-refractivity contribution in [1.29, 1.82) is 0 Å². The fourth-order valence-electron chi connectivity index (χ4n) is 3.52. The minimum absolute atomic E-state index is 0.0865. The molecule has 8 nitrogen and oxygen atoms in total. The summed E-state index contributed by atoms with van der Waals surface area (Å²) in [7, 11) is 1.47. The Balaban J connectivity index is 1.79. The van der Waals surface area contributed by atoms with Crippen molar-refractivity contribution in [1.82, 2.24) is 15.2 Å². The minimum Gasteiger partial charge on any atom is -0.477 e. The van der Waals surface area contributed by atoms with Crippen LogP contribution in [0.3, 0.4) is 0 Å². The van der Waals surface area contributed by atoms with Crippen molar-refractivity contribution in [3.63, 3.8) is 0 Å². The lowest BCUT2D eigenvalue weighted by Gasteiger charge is -2.41. The standard InChI is InChI=1S/C18H18F2N4O4/c1-21-18(28)22-8-5-23(6-8)15-12(19)4-10-14(13(15)20)24(9-2-3-9)7-11(16(10)25)17(26)27/h4,7-9H,2-3,5-6H2,1H3,(H,26,27)(H2,21,22,28). The van der Waals surface area contributed by atoms with E-state index in [2.05, 4.69) is 10.6 Å². The van der Waals surface area contributed by atoms with E-state index in [1.807, 2.05) is 0 Å². The van der Waals surface area contributed by atoms with Gasteiger partial charge in [0, 0.05) is 32.4 Å². The monoisotopic (exact) mass is 392 g/mol. The predicted octanol–water partition coefficient (Wildman–Crippen LogP) is 1.43. The molecule has 1 aliphatic heterocycles. The molecule has 2 aliphatic rings. The highest BCUT2D eigenvalue weighted by Crippen LogP contribution is 2.40. The number of halogens is 2. The number of rotatable bonds is 4. The molecule has 0 bridgehead atoms. The number of pyridine rings is 1. The number of carboxylic acid groups (broad SMARTS) is 1. The summed E-state index contributed by atoms with van der Waals surface area (Å²) in [6, 6.07) is 0.149. The fraction of sp³-hybridized carbons (Fsp3) is 0.389. The first kappa shape index (κ1) is 18.2. The number of carbonyl (C=O) groups is 2. The molecule has 0 radical (unpaired) electrons. The van der Waals surface area contributed by atoms with Crippen LogP contribution in [0.25, 0.3) is 10.9 Å². The lowest BCUT2D eigenvalue weighted by atomic mass is 10.0. The zero-order valence-electron chi connectivity index (χ0n) is 15.0. The fourth-order valence-corrected chi connectivity index (χ4v) is 3.52. The first-order valence-electron chi connectivity index (χ1n) is 8.85. The number of anilines is 1. The highest BCUT2D eigenvalue weighted by Gasteiger charge is 2.35. The molecule has 1 aromatic heterocycles. The number of amides is 2. The van der Waals surface area contributed by atoms with E-state index in [1.54, 1.807) is 0 Å². The van der Waals surface area contributed by atoms with Gasteiger partial charge in [-0.05, 0) is 18.9 Å². The van der Waals surface area contributed by atoms with Gasteiger partial charge in [0.25, 0.3) is 0 Å². The van der Waals surface area contributed by atoms with Gasteiger partial charge in [-0.15, -0.1) is 0 Å². The van der Waals surface area contributed by atoms with Crippen LogP contribution < -0.4 is 21.0 Å². The quantitative estimate of drug-likeness (QED) is 0.730. The topological polar surface area (TPSA) is 104 Å². The third-order valence-corrected chi connectivity index (χ3v) is 5.11. The Morgan fingerprint density at radius 1 is 1.25 bits per heavy atom. The zero-order valence-corrected chi connectivity index (χ0v) is 15.0. The molecule has 3 N–H and O–H groups in total. The summed E-state index contributed by atoms with van der Waals surface area (Å²) >= 11 is 0. The van der Waals surface area contributed by atoms with Crippen LogP contribution in [0.4, 0.5) is 19.3 Å². The summed E-state index contributed by atoms with van der Waals surface area (Å²) in [6.45, 7) is 0.432. The molecule has 28 heavy (non-hydrogen) atoms. The number of fused-ring (bicyclic) bond motifs is 1. The number of carbonyl (C=O) groups excluding carboxylic acids is 1. The highest BCUT2D eigenvalue weighted by molar-refractivity contribution is 5.94. The maximum absolute atomic E-state index is 15.3. The molecule has 0 atom stereocenters. The summed E-state index contributed by atoms with van der Waals surface area (Å²) in [5, 5.41) is 14.0. The number of carboxylic acids is 1. The average molecular weight is 392 g/mol. The van der Waals surface area contributed by atoms with Gasteiger partial charge in [0.15, 0.2) is 5.82 Å². The third kappa shape index (κ3) is 2.85. The number of hydrogen-bond acceptors (Lipinski definition) is 4. The Morgan fingerprint density at radius 2 is 1.93 bits per heavy atom. The molecule has 2 amide bonds. The van der Waals surface area contributed by atoms with Crippen molar-refractivity contribution < 1.29 is 23.5 Å². The molecule has 2 heterocycles. The van der Waals surface area contributed by atoms with E-state index in [-0.39, 0.29) is 47.8 Å². The SMILES string of the molecule is CNC(=O)NC1CN(c2c(F)cc3c(=O)c(C(=O)O)cn(C4CC4)c3c2F)C1. The van der Waals surface area contributed by atoms with Crippen LogP contribution in [-0.4, -0.2) is 47.9 Å². The van der Waals surface area contributed by atoms with Crippen LogP contribution in [0.2, 0.25) is 0 Å². The molecule has 2 fully saturated rings. The van der Waals surface area contributed by atoms with E-state index in [0.29, 0.717) is 0 Å². The summed E-state index contributed by atoms with van der Waals surface area (Å²) in [5.41, 5.74) is -1.78. The minimum atomic E-state index is -1.43. The average Bonchev–Trinajstić information content (AvgIpc) is 3.44. The van der Waals surface area contributed by atoms with Crippen molar-refractivity contribution in [2.75, 3.05) is 25.0 Å². The number of nitrogens with one attached hydrogen (secondary N) is 2. The first-order valence-corrected chi connectivity index (χ1v) is 8.85. The summed E-state index contributed by atoms with van der Waals surface area (Å²) in [6.07, 6.45) is 2.59. The summed E-state index contributed by atoms with van der Waals surface area (Å²) in [5.74, 6) is -3.27. The Kier molecular flexibility index (Phi) is 4.20. The number of aromatic carboxylic acids is 1. The lowest BCUT2D eigenvalue weighted by Crippen LogP contribution is -2.61. The molecule has 0 unspecified atom stereocenters. The molecule has 4 rings (SSSR count). The van der Waals surface area contributed by atoms with Crippen molar-refractivity contribution in [3.8, 4) is 0 Å². The molecule has 148 valence electrons. The molecule has 10 heteroatoms. The van der Waals surface area contributed by atoms with Crippen molar-refractivity contribution in [2.24, 2.45) is 0 Å². The van der Waals surface area contributed by atoms with Gasteiger partial charge in [0.05, 0.1) is 16.9 Å². The van der Waals surface area contributed by atoms with E-state index in [9.17, 15) is 23.9 Å². The highest BCUT2D eigenvalue weighted by atomic mass is 19.1. The molecule has 1 saturated heterocycles. The maximum Gasteiger partial charge on any atom is 0.341 e. The Labute approximate surface area is 157 Å². The Morgan fingerprint density at radius 3 is 2.50 bits per heavy atom. The van der Waals surface area contributed by atoms with Gasteiger partial charge in [0.1, 0.15) is 17.1 Å². The van der Waals surface area contributed by atoms with Crippen LogP contribution in [0, 0.1) is 11.6 Å². The molecule has 1 aliphatic carbocycles. The van der Waals surface area contributed by atoms with Gasteiger partial charge in [-0.1, -0.05) is 0 Å². The molecular weight excluding hydrogens is 374 g/mol. The van der Waals surface area contributed by atoms with E-state index >= 15 is 4.39 Å². The third-order valence-electron chi connectivity index (χ3n) is 5.11. The van der Waals surface area contributed by atoms with Crippen molar-refractivity contribution >= 4 is 28.6 Å². The lowest BCUT2D eigenvalue weighted by molar-refractivity contribution is 0.0694. The molecule has 1 saturated carbocycles. The second kappa shape index (κ2) is 6.47. The Hall–Kier alpha value is -3.17. The van der Waals surface area contributed by atoms with E-state index in [0.717, 1.165) is 25.1 Å². The van der Waals surface area contributed by atoms with Crippen LogP contribution in [-0.2, 0) is 0 Å². The van der Waals surface area contributed by atoms with Gasteiger partial charge in [-0.3, -0.25) is 4.79 Å². The Bertz CT molecular complexity index is 1060. The van der Waals surface area contributed by atoms with Crippen LogP contribution in [0.15, 0.2) is 17.1 Å². The summed E-state index contributed by atoms with van der Waals surface area (Å²) in [4.78, 5) is 36.6. The maximum atomic E-state index is 15.3. The molecular formula is C18H18F2N4O4. The second-order valence-corrected chi connectivity index (χ2v) is 7.06. The number of benzene rings is 1. The largest absolute Gasteiger partial charge is 0.477 e. The zero-order chi connectivity index (χ0) is 20.2. The normalized spacial score (nSPS) is 16.8. The number of aromatic nitrogens is 1. The van der Waals surface area contributed by atoms with E-state index in [1.165, 1.54) is 16.5 Å². The summed E-state index contributed by atoms with van der Waals surface area (Å²) < 4.78 is 31.5. The van der Waals surface area contributed by atoms with Crippen LogP contribution in [0.5, 0.6) is 0 Å². The number of urea groups is 1. The van der Waals surface area contributed by atoms with Crippen LogP contribution >= 0.6 is 0 Å². The molecule has 0 spiro atoms.